The average Bonchev–Trinajstić information content (AvgIpc) is 2.90. The number of ether oxygens (including phenoxy) is 2. The van der Waals surface area contributed by atoms with Gasteiger partial charge in [-0.3, -0.25) is 9.59 Å². The smallest absolute Gasteiger partial charge is 0.340 e. The van der Waals surface area contributed by atoms with Gasteiger partial charge >= 0.3 is 11.9 Å². The zero-order valence-corrected chi connectivity index (χ0v) is 21.7. The zero-order chi connectivity index (χ0) is 27.6. The first-order chi connectivity index (χ1) is 18.4. The van der Waals surface area contributed by atoms with E-state index >= 15 is 0 Å². The molecule has 10 heteroatoms. The Kier molecular flexibility index (Phi) is 13.8. The number of anilines is 2. The number of esters is 2. The van der Waals surface area contributed by atoms with E-state index in [1.807, 2.05) is 0 Å². The molecule has 2 amide bonds. The van der Waals surface area contributed by atoms with Crippen LogP contribution in [0.15, 0.2) is 48.5 Å². The summed E-state index contributed by atoms with van der Waals surface area (Å²) in [7, 11) is 0. The Labute approximate surface area is 223 Å². The number of unbranched alkanes of at least 4 members (excludes halogenated alkanes) is 5. The number of hydrogen-bond donors (Lipinski definition) is 4. The summed E-state index contributed by atoms with van der Waals surface area (Å²) in [6.45, 7) is 0.674. The predicted octanol–water partition coefficient (Wildman–Crippen LogP) is 3.22. The van der Waals surface area contributed by atoms with Crippen LogP contribution >= 0.6 is 0 Å². The molecule has 0 unspecified atom stereocenters. The summed E-state index contributed by atoms with van der Waals surface area (Å²) in [4.78, 5) is 47.7. The molecule has 38 heavy (non-hydrogen) atoms. The quantitative estimate of drug-likeness (QED) is 0.139. The largest absolute Gasteiger partial charge is 0.460 e. The highest BCUT2D eigenvalue weighted by molar-refractivity contribution is 5.95. The molecule has 0 saturated carbocycles. The molecule has 6 N–H and O–H groups in total. The summed E-state index contributed by atoms with van der Waals surface area (Å²) in [5.74, 6) is -1.17. The highest BCUT2D eigenvalue weighted by Crippen LogP contribution is 2.13. The van der Waals surface area contributed by atoms with Crippen molar-refractivity contribution in [2.75, 3.05) is 37.8 Å². The molecule has 2 rings (SSSR count). The normalized spacial score (nSPS) is 10.4. The van der Waals surface area contributed by atoms with Crippen molar-refractivity contribution < 1.29 is 28.7 Å². The summed E-state index contributed by atoms with van der Waals surface area (Å²) in [5, 5.41) is 5.48. The van der Waals surface area contributed by atoms with Crippen LogP contribution < -0.4 is 22.1 Å². The van der Waals surface area contributed by atoms with Gasteiger partial charge in [-0.2, -0.15) is 0 Å². The van der Waals surface area contributed by atoms with Crippen LogP contribution in [0.1, 0.15) is 72.1 Å². The second kappa shape index (κ2) is 17.4. The minimum absolute atomic E-state index is 0.0742. The van der Waals surface area contributed by atoms with Crippen LogP contribution in [0.2, 0.25) is 0 Å². The molecular formula is C28H38N4O6. The average molecular weight is 527 g/mol. The van der Waals surface area contributed by atoms with E-state index in [9.17, 15) is 19.2 Å². The molecular weight excluding hydrogens is 488 g/mol. The van der Waals surface area contributed by atoms with Gasteiger partial charge < -0.3 is 31.6 Å². The molecule has 0 aliphatic carbocycles. The molecule has 0 aliphatic heterocycles. The van der Waals surface area contributed by atoms with Gasteiger partial charge in [0.25, 0.3) is 0 Å². The molecule has 0 saturated heterocycles. The van der Waals surface area contributed by atoms with E-state index in [0.29, 0.717) is 35.3 Å². The number of carbonyl (C=O) groups is 4. The number of amides is 2. The second-order valence-corrected chi connectivity index (χ2v) is 8.77. The Balaban J connectivity index is 1.38. The fraction of sp³-hybridized carbons (Fsp3) is 0.429. The molecule has 0 fully saturated rings. The van der Waals surface area contributed by atoms with Crippen molar-refractivity contribution in [2.24, 2.45) is 0 Å². The van der Waals surface area contributed by atoms with Gasteiger partial charge in [-0.15, -0.1) is 0 Å². The van der Waals surface area contributed by atoms with Gasteiger partial charge in [-0.25, -0.2) is 9.59 Å². The van der Waals surface area contributed by atoms with Crippen LogP contribution in [0.4, 0.5) is 11.4 Å². The van der Waals surface area contributed by atoms with E-state index in [1.165, 1.54) is 0 Å². The third kappa shape index (κ3) is 11.8. The molecule has 0 bridgehead atoms. The third-order valence-corrected chi connectivity index (χ3v) is 5.73. The molecule has 0 aliphatic rings. The monoisotopic (exact) mass is 526 g/mol. The topological polar surface area (TPSA) is 163 Å². The Hall–Kier alpha value is -4.08. The van der Waals surface area contributed by atoms with Gasteiger partial charge in [0.2, 0.25) is 11.8 Å². The number of nitrogens with one attached hydrogen (secondary N) is 2. The maximum atomic E-state index is 11.9. The first-order valence-electron chi connectivity index (χ1n) is 12.9. The lowest BCUT2D eigenvalue weighted by atomic mass is 10.1. The van der Waals surface area contributed by atoms with Crippen LogP contribution in [0.5, 0.6) is 0 Å². The second-order valence-electron chi connectivity index (χ2n) is 8.77. The van der Waals surface area contributed by atoms with Crippen molar-refractivity contribution in [2.45, 2.75) is 51.4 Å². The summed E-state index contributed by atoms with van der Waals surface area (Å²) < 4.78 is 10.3. The third-order valence-electron chi connectivity index (χ3n) is 5.73. The van der Waals surface area contributed by atoms with Gasteiger partial charge in [-0.05, 0) is 37.1 Å². The van der Waals surface area contributed by atoms with Crippen molar-refractivity contribution >= 4 is 35.1 Å². The van der Waals surface area contributed by atoms with Crippen molar-refractivity contribution in [3.05, 3.63) is 59.7 Å². The Morgan fingerprint density at radius 2 is 0.947 bits per heavy atom. The van der Waals surface area contributed by atoms with Gasteiger partial charge in [0.1, 0.15) is 13.2 Å². The van der Waals surface area contributed by atoms with Crippen molar-refractivity contribution in [1.82, 2.24) is 10.6 Å². The van der Waals surface area contributed by atoms with Gasteiger partial charge in [-0.1, -0.05) is 49.9 Å². The lowest BCUT2D eigenvalue weighted by molar-refractivity contribution is -0.122. The van der Waals surface area contributed by atoms with Crippen LogP contribution in [-0.4, -0.2) is 50.1 Å². The lowest BCUT2D eigenvalue weighted by Gasteiger charge is -2.08. The summed E-state index contributed by atoms with van der Waals surface area (Å²) in [5.41, 5.74) is 12.8. The molecule has 0 radical (unpaired) electrons. The fourth-order valence-electron chi connectivity index (χ4n) is 3.64. The van der Waals surface area contributed by atoms with Gasteiger partial charge in [0, 0.05) is 24.2 Å². The fourth-order valence-corrected chi connectivity index (χ4v) is 3.64. The molecule has 2 aromatic carbocycles. The summed E-state index contributed by atoms with van der Waals surface area (Å²) in [6, 6.07) is 13.3. The van der Waals surface area contributed by atoms with E-state index in [-0.39, 0.29) is 38.1 Å². The van der Waals surface area contributed by atoms with Crippen LogP contribution in [0.3, 0.4) is 0 Å². The SMILES string of the molecule is Nc1ccccc1C(=O)OCCNC(=O)CCCCCCCCC(=O)NCCOC(=O)c1ccccc1N. The highest BCUT2D eigenvalue weighted by atomic mass is 16.5. The first kappa shape index (κ1) is 30.1. The van der Waals surface area contributed by atoms with Crippen LogP contribution in [0.25, 0.3) is 0 Å². The molecule has 0 atom stereocenters. The van der Waals surface area contributed by atoms with E-state index < -0.39 is 11.9 Å². The Morgan fingerprint density at radius 1 is 0.579 bits per heavy atom. The molecule has 0 heterocycles. The molecule has 206 valence electrons. The molecule has 10 nitrogen and oxygen atoms in total. The Bertz CT molecular complexity index is 976. The van der Waals surface area contributed by atoms with E-state index in [4.69, 9.17) is 20.9 Å². The number of nitrogen functional groups attached to an aromatic ring is 2. The molecule has 0 spiro atoms. The Morgan fingerprint density at radius 3 is 1.34 bits per heavy atom. The predicted molar refractivity (Wildman–Crippen MR) is 145 cm³/mol. The minimum atomic E-state index is -0.509. The highest BCUT2D eigenvalue weighted by Gasteiger charge is 2.11. The molecule has 2 aromatic rings. The number of para-hydroxylation sites is 2. The van der Waals surface area contributed by atoms with Crippen LogP contribution in [0, 0.1) is 0 Å². The van der Waals surface area contributed by atoms with E-state index in [1.54, 1.807) is 48.5 Å². The maximum Gasteiger partial charge on any atom is 0.340 e. The molecule has 0 aromatic heterocycles. The maximum absolute atomic E-state index is 11.9. The van der Waals surface area contributed by atoms with Crippen molar-refractivity contribution in [3.8, 4) is 0 Å². The van der Waals surface area contributed by atoms with E-state index in [0.717, 1.165) is 38.5 Å². The number of benzene rings is 2. The van der Waals surface area contributed by atoms with Crippen LogP contribution in [-0.2, 0) is 19.1 Å². The minimum Gasteiger partial charge on any atom is -0.460 e. The number of carbonyl (C=O) groups excluding carboxylic acids is 4. The number of rotatable bonds is 17. The van der Waals surface area contributed by atoms with E-state index in [2.05, 4.69) is 10.6 Å². The number of hydrogen-bond acceptors (Lipinski definition) is 8. The van der Waals surface area contributed by atoms with Crippen molar-refractivity contribution in [3.63, 3.8) is 0 Å². The standard InChI is InChI=1S/C28H38N4O6/c29-23-13-9-7-11-21(23)27(35)37-19-17-31-25(33)15-5-3-1-2-4-6-16-26(34)32-18-20-38-28(36)22-12-8-10-14-24(22)30/h7-14H,1-6,15-20,29-30H2,(H,31,33)(H,32,34). The van der Waals surface area contributed by atoms with Crippen molar-refractivity contribution in [1.29, 1.82) is 0 Å². The number of nitrogens with two attached hydrogens (primary N) is 2. The lowest BCUT2D eigenvalue weighted by Crippen LogP contribution is -2.28. The first-order valence-corrected chi connectivity index (χ1v) is 12.9. The summed E-state index contributed by atoms with van der Waals surface area (Å²) in [6.07, 6.45) is 6.23. The van der Waals surface area contributed by atoms with Gasteiger partial charge in [0.15, 0.2) is 0 Å². The zero-order valence-electron chi connectivity index (χ0n) is 21.7. The van der Waals surface area contributed by atoms with Gasteiger partial charge in [0.05, 0.1) is 24.2 Å². The summed E-state index contributed by atoms with van der Waals surface area (Å²) >= 11 is 0.